The van der Waals surface area contributed by atoms with Crippen molar-refractivity contribution in [3.05, 3.63) is 88.2 Å². The van der Waals surface area contributed by atoms with Gasteiger partial charge < -0.3 is 9.88 Å². The summed E-state index contributed by atoms with van der Waals surface area (Å²) in [5.74, 6) is -0.515. The molecule has 6 nitrogen and oxygen atoms in total. The summed E-state index contributed by atoms with van der Waals surface area (Å²) >= 11 is 0. The Morgan fingerprint density at radius 1 is 1.17 bits per heavy atom. The first-order valence-electron chi connectivity index (χ1n) is 7.33. The SMILES string of the molecule is O=[N+]([O-])c1ccc(F)cc1NCc1ccc(Cn2ccnc2)cc1. The van der Waals surface area contributed by atoms with Crippen LogP contribution in [-0.2, 0) is 13.1 Å². The molecule has 0 spiro atoms. The molecule has 0 fully saturated rings. The van der Waals surface area contributed by atoms with Crippen LogP contribution in [0.3, 0.4) is 0 Å². The van der Waals surface area contributed by atoms with Crippen molar-refractivity contribution < 1.29 is 9.31 Å². The summed E-state index contributed by atoms with van der Waals surface area (Å²) in [5.41, 5.74) is 2.09. The zero-order valence-corrected chi connectivity index (χ0v) is 12.7. The standard InChI is InChI=1S/C17H15FN4O2/c18-15-5-6-17(22(23)24)16(9-15)20-10-13-1-3-14(4-2-13)11-21-8-7-19-12-21/h1-9,12,20H,10-11H2. The highest BCUT2D eigenvalue weighted by Gasteiger charge is 2.13. The molecule has 1 N–H and O–H groups in total. The van der Waals surface area contributed by atoms with Crippen molar-refractivity contribution >= 4 is 11.4 Å². The minimum atomic E-state index is -0.532. The molecule has 24 heavy (non-hydrogen) atoms. The number of halogens is 1. The fraction of sp³-hybridized carbons (Fsp3) is 0.118. The van der Waals surface area contributed by atoms with E-state index in [2.05, 4.69) is 10.3 Å². The first-order chi connectivity index (χ1) is 11.6. The monoisotopic (exact) mass is 326 g/mol. The smallest absolute Gasteiger partial charge is 0.292 e. The molecule has 7 heteroatoms. The van der Waals surface area contributed by atoms with Crippen LogP contribution in [0.25, 0.3) is 0 Å². The van der Waals surface area contributed by atoms with Crippen molar-refractivity contribution in [3.8, 4) is 0 Å². The molecule has 1 aromatic heterocycles. The van der Waals surface area contributed by atoms with Crippen molar-refractivity contribution in [1.29, 1.82) is 0 Å². The second-order valence-corrected chi connectivity index (χ2v) is 5.32. The Balaban J connectivity index is 1.67. The van der Waals surface area contributed by atoms with Crippen LogP contribution < -0.4 is 5.32 Å². The molecule has 0 atom stereocenters. The number of anilines is 1. The maximum absolute atomic E-state index is 13.3. The van der Waals surface area contributed by atoms with Gasteiger partial charge in [-0.05, 0) is 17.2 Å². The van der Waals surface area contributed by atoms with Gasteiger partial charge in [-0.3, -0.25) is 10.1 Å². The van der Waals surface area contributed by atoms with Crippen molar-refractivity contribution in [1.82, 2.24) is 9.55 Å². The van der Waals surface area contributed by atoms with E-state index in [9.17, 15) is 14.5 Å². The van der Waals surface area contributed by atoms with E-state index in [0.29, 0.717) is 6.54 Å². The van der Waals surface area contributed by atoms with Gasteiger partial charge in [-0.15, -0.1) is 0 Å². The average molecular weight is 326 g/mol. The minimum absolute atomic E-state index is 0.145. The van der Waals surface area contributed by atoms with E-state index in [1.165, 1.54) is 0 Å². The molecular weight excluding hydrogens is 311 g/mol. The van der Waals surface area contributed by atoms with E-state index >= 15 is 0 Å². The molecule has 2 aromatic carbocycles. The maximum Gasteiger partial charge on any atom is 0.292 e. The summed E-state index contributed by atoms with van der Waals surface area (Å²) in [4.78, 5) is 14.4. The molecule has 0 aliphatic heterocycles. The third-order valence-electron chi connectivity index (χ3n) is 3.59. The molecule has 3 aromatic rings. The lowest BCUT2D eigenvalue weighted by atomic mass is 10.1. The first-order valence-corrected chi connectivity index (χ1v) is 7.33. The second-order valence-electron chi connectivity index (χ2n) is 5.32. The molecule has 0 aliphatic carbocycles. The largest absolute Gasteiger partial charge is 0.375 e. The number of nitro benzene ring substituents is 1. The Morgan fingerprint density at radius 3 is 2.58 bits per heavy atom. The lowest BCUT2D eigenvalue weighted by Crippen LogP contribution is -2.03. The Hall–Kier alpha value is -3.22. The van der Waals surface area contributed by atoms with Gasteiger partial charge in [0.05, 0.1) is 11.3 Å². The predicted octanol–water partition coefficient (Wildman–Crippen LogP) is 3.59. The molecule has 0 radical (unpaired) electrons. The van der Waals surface area contributed by atoms with Crippen molar-refractivity contribution in [2.24, 2.45) is 0 Å². The average Bonchev–Trinajstić information content (AvgIpc) is 3.07. The number of benzene rings is 2. The number of aromatic nitrogens is 2. The van der Waals surface area contributed by atoms with E-state index in [4.69, 9.17) is 0 Å². The molecule has 0 aliphatic rings. The summed E-state index contributed by atoms with van der Waals surface area (Å²) in [6, 6.07) is 11.2. The number of nitrogens with zero attached hydrogens (tertiary/aromatic N) is 3. The van der Waals surface area contributed by atoms with E-state index < -0.39 is 10.7 Å². The molecule has 0 unspecified atom stereocenters. The Morgan fingerprint density at radius 2 is 1.92 bits per heavy atom. The molecule has 0 amide bonds. The van der Waals surface area contributed by atoms with Crippen LogP contribution in [-0.4, -0.2) is 14.5 Å². The van der Waals surface area contributed by atoms with Gasteiger partial charge in [-0.2, -0.15) is 0 Å². The highest BCUT2D eigenvalue weighted by Crippen LogP contribution is 2.25. The molecular formula is C17H15FN4O2. The third kappa shape index (κ3) is 3.75. The van der Waals surface area contributed by atoms with Crippen LogP contribution in [0.4, 0.5) is 15.8 Å². The van der Waals surface area contributed by atoms with Gasteiger partial charge in [0.25, 0.3) is 5.69 Å². The third-order valence-corrected chi connectivity index (χ3v) is 3.59. The highest BCUT2D eigenvalue weighted by atomic mass is 19.1. The number of hydrogen-bond acceptors (Lipinski definition) is 4. The van der Waals surface area contributed by atoms with E-state index in [0.717, 1.165) is 35.9 Å². The number of nitro groups is 1. The number of nitrogens with one attached hydrogen (secondary N) is 1. The van der Waals surface area contributed by atoms with Crippen molar-refractivity contribution in [2.75, 3.05) is 5.32 Å². The Bertz CT molecular complexity index is 832. The van der Waals surface area contributed by atoms with Crippen molar-refractivity contribution in [3.63, 3.8) is 0 Å². The molecule has 0 bridgehead atoms. The summed E-state index contributed by atoms with van der Waals surface area (Å²) in [6.07, 6.45) is 5.36. The van der Waals surface area contributed by atoms with Gasteiger partial charge in [-0.25, -0.2) is 9.37 Å². The normalized spacial score (nSPS) is 10.5. The summed E-state index contributed by atoms with van der Waals surface area (Å²) < 4.78 is 15.3. The van der Waals surface area contributed by atoms with Crippen LogP contribution in [0.1, 0.15) is 11.1 Å². The molecule has 3 rings (SSSR count). The van der Waals surface area contributed by atoms with Gasteiger partial charge in [0.2, 0.25) is 0 Å². The van der Waals surface area contributed by atoms with Crippen LogP contribution in [0.2, 0.25) is 0 Å². The van der Waals surface area contributed by atoms with Crippen LogP contribution >= 0.6 is 0 Å². The fourth-order valence-corrected chi connectivity index (χ4v) is 2.36. The highest BCUT2D eigenvalue weighted by molar-refractivity contribution is 5.61. The predicted molar refractivity (Wildman–Crippen MR) is 88.2 cm³/mol. The Kier molecular flexibility index (Phi) is 4.51. The maximum atomic E-state index is 13.3. The molecule has 0 saturated carbocycles. The lowest BCUT2D eigenvalue weighted by molar-refractivity contribution is -0.384. The second kappa shape index (κ2) is 6.91. The number of hydrogen-bond donors (Lipinski definition) is 1. The Labute approximate surface area is 137 Å². The van der Waals surface area contributed by atoms with E-state index in [1.807, 2.05) is 35.0 Å². The first kappa shape index (κ1) is 15.7. The van der Waals surface area contributed by atoms with Gasteiger partial charge in [0, 0.05) is 37.6 Å². The fourth-order valence-electron chi connectivity index (χ4n) is 2.36. The summed E-state index contributed by atoms with van der Waals surface area (Å²) in [6.45, 7) is 1.10. The van der Waals surface area contributed by atoms with Gasteiger partial charge in [0.15, 0.2) is 0 Å². The van der Waals surface area contributed by atoms with E-state index in [-0.39, 0.29) is 11.4 Å². The van der Waals surface area contributed by atoms with Gasteiger partial charge in [0.1, 0.15) is 11.5 Å². The quantitative estimate of drug-likeness (QED) is 0.555. The number of imidazole rings is 1. The zero-order chi connectivity index (χ0) is 16.9. The van der Waals surface area contributed by atoms with Gasteiger partial charge >= 0.3 is 0 Å². The molecule has 0 saturated heterocycles. The topological polar surface area (TPSA) is 73.0 Å². The zero-order valence-electron chi connectivity index (χ0n) is 12.7. The van der Waals surface area contributed by atoms with Crippen LogP contribution in [0.5, 0.6) is 0 Å². The molecule has 122 valence electrons. The van der Waals surface area contributed by atoms with Gasteiger partial charge in [-0.1, -0.05) is 24.3 Å². The minimum Gasteiger partial charge on any atom is -0.375 e. The summed E-state index contributed by atoms with van der Waals surface area (Å²) in [7, 11) is 0. The lowest BCUT2D eigenvalue weighted by Gasteiger charge is -2.08. The van der Waals surface area contributed by atoms with Crippen LogP contribution in [0, 0.1) is 15.9 Å². The molecule has 1 heterocycles. The summed E-state index contributed by atoms with van der Waals surface area (Å²) in [5, 5.41) is 13.9. The number of rotatable bonds is 6. The van der Waals surface area contributed by atoms with Crippen molar-refractivity contribution in [2.45, 2.75) is 13.1 Å². The van der Waals surface area contributed by atoms with E-state index in [1.54, 1.807) is 12.5 Å². The van der Waals surface area contributed by atoms with Crippen LogP contribution in [0.15, 0.2) is 61.2 Å².